The van der Waals surface area contributed by atoms with E-state index in [-0.39, 0.29) is 16.6 Å². The van der Waals surface area contributed by atoms with Crippen molar-refractivity contribution in [2.24, 2.45) is 5.14 Å². The molecule has 0 atom stereocenters. The van der Waals surface area contributed by atoms with Crippen LogP contribution in [0, 0.1) is 0 Å². The second kappa shape index (κ2) is 7.49. The number of methoxy groups -OCH3 is 1. The van der Waals surface area contributed by atoms with Crippen LogP contribution in [0.15, 0.2) is 58.3 Å². The Balaban J connectivity index is 1.95. The molecule has 0 saturated heterocycles. The molecule has 0 aliphatic rings. The van der Waals surface area contributed by atoms with Gasteiger partial charge in [-0.15, -0.1) is 11.8 Å². The molecule has 2 aromatic rings. The molecule has 1 amide bonds. The first-order chi connectivity index (χ1) is 10.9. The molecule has 0 aliphatic heterocycles. The molecule has 6 nitrogen and oxygen atoms in total. The van der Waals surface area contributed by atoms with E-state index in [1.807, 2.05) is 24.3 Å². The first-order valence-electron chi connectivity index (χ1n) is 6.58. The van der Waals surface area contributed by atoms with Crippen LogP contribution in [0.25, 0.3) is 0 Å². The van der Waals surface area contributed by atoms with Gasteiger partial charge >= 0.3 is 0 Å². The van der Waals surface area contributed by atoms with E-state index in [0.717, 1.165) is 4.90 Å². The van der Waals surface area contributed by atoms with Crippen LogP contribution in [0.3, 0.4) is 0 Å². The number of thioether (sulfide) groups is 1. The van der Waals surface area contributed by atoms with Gasteiger partial charge in [0.05, 0.1) is 17.8 Å². The number of ether oxygens (including phenoxy) is 1. The lowest BCUT2D eigenvalue weighted by atomic mass is 10.3. The monoisotopic (exact) mass is 352 g/mol. The fraction of sp³-hybridized carbons (Fsp3) is 0.133. The number of nitrogens with one attached hydrogen (secondary N) is 1. The van der Waals surface area contributed by atoms with Crippen molar-refractivity contribution in [2.45, 2.75) is 9.79 Å². The van der Waals surface area contributed by atoms with Gasteiger partial charge in [-0.25, -0.2) is 13.6 Å². The lowest BCUT2D eigenvalue weighted by Gasteiger charge is -2.08. The van der Waals surface area contributed by atoms with E-state index in [0.29, 0.717) is 11.4 Å². The summed E-state index contributed by atoms with van der Waals surface area (Å²) in [7, 11) is -2.16. The number of carbonyl (C=O) groups excluding carboxylic acids is 1. The zero-order valence-electron chi connectivity index (χ0n) is 12.4. The maximum atomic E-state index is 12.0. The second-order valence-corrected chi connectivity index (χ2v) is 7.14. The predicted octanol–water partition coefficient (Wildman–Crippen LogP) is 2.07. The van der Waals surface area contributed by atoms with Crippen molar-refractivity contribution in [1.29, 1.82) is 0 Å². The average Bonchev–Trinajstić information content (AvgIpc) is 2.53. The molecular weight excluding hydrogens is 336 g/mol. The van der Waals surface area contributed by atoms with E-state index < -0.39 is 10.0 Å². The standard InChI is InChI=1S/C15H16N2O4S2/c1-21-13-4-2-3-5-14(13)22-10-15(18)17-11-6-8-12(9-7-11)23(16,19)20/h2-9H,10H2,1H3,(H,17,18)(H2,16,19,20). The van der Waals surface area contributed by atoms with E-state index in [4.69, 9.17) is 9.88 Å². The normalized spacial score (nSPS) is 11.0. The van der Waals surface area contributed by atoms with Gasteiger partial charge in [0.1, 0.15) is 5.75 Å². The van der Waals surface area contributed by atoms with Crippen molar-refractivity contribution in [2.75, 3.05) is 18.2 Å². The Hall–Kier alpha value is -2.03. The van der Waals surface area contributed by atoms with Gasteiger partial charge in [-0.3, -0.25) is 4.79 Å². The number of para-hydroxylation sites is 1. The predicted molar refractivity (Wildman–Crippen MR) is 90.2 cm³/mol. The molecule has 0 aromatic heterocycles. The van der Waals surface area contributed by atoms with Crippen LogP contribution >= 0.6 is 11.8 Å². The van der Waals surface area contributed by atoms with Crippen molar-refractivity contribution in [3.8, 4) is 5.75 Å². The summed E-state index contributed by atoms with van der Waals surface area (Å²) in [6.45, 7) is 0. The maximum Gasteiger partial charge on any atom is 0.238 e. The average molecular weight is 352 g/mol. The summed E-state index contributed by atoms with van der Waals surface area (Å²) < 4.78 is 27.5. The van der Waals surface area contributed by atoms with Crippen LogP contribution in [0.2, 0.25) is 0 Å². The minimum atomic E-state index is -3.73. The molecule has 0 aliphatic carbocycles. The van der Waals surface area contributed by atoms with Gasteiger partial charge in [0.25, 0.3) is 0 Å². The zero-order valence-corrected chi connectivity index (χ0v) is 14.0. The van der Waals surface area contributed by atoms with Crippen LogP contribution in [0.1, 0.15) is 0 Å². The van der Waals surface area contributed by atoms with Gasteiger partial charge in [0, 0.05) is 10.6 Å². The van der Waals surface area contributed by atoms with E-state index in [2.05, 4.69) is 5.32 Å². The Morgan fingerprint density at radius 1 is 1.17 bits per heavy atom. The van der Waals surface area contributed by atoms with Crippen LogP contribution in [-0.4, -0.2) is 27.2 Å². The molecule has 0 saturated carbocycles. The number of sulfonamides is 1. The first kappa shape index (κ1) is 17.3. The van der Waals surface area contributed by atoms with Gasteiger partial charge < -0.3 is 10.1 Å². The number of anilines is 1. The third kappa shape index (κ3) is 4.98. The highest BCUT2D eigenvalue weighted by Gasteiger charge is 2.09. The topological polar surface area (TPSA) is 98.5 Å². The van der Waals surface area contributed by atoms with Crippen molar-refractivity contribution in [1.82, 2.24) is 0 Å². The van der Waals surface area contributed by atoms with E-state index in [9.17, 15) is 13.2 Å². The van der Waals surface area contributed by atoms with Crippen LogP contribution in [0.5, 0.6) is 5.75 Å². The molecular formula is C15H16N2O4S2. The summed E-state index contributed by atoms with van der Waals surface area (Å²) in [5, 5.41) is 7.71. The lowest BCUT2D eigenvalue weighted by Crippen LogP contribution is -2.15. The molecule has 23 heavy (non-hydrogen) atoms. The molecule has 0 bridgehead atoms. The number of hydrogen-bond donors (Lipinski definition) is 2. The van der Waals surface area contributed by atoms with Gasteiger partial charge in [-0.1, -0.05) is 12.1 Å². The van der Waals surface area contributed by atoms with Crippen LogP contribution in [-0.2, 0) is 14.8 Å². The number of benzene rings is 2. The minimum absolute atomic E-state index is 0.00102. The Morgan fingerprint density at radius 2 is 1.83 bits per heavy atom. The van der Waals surface area contributed by atoms with Crippen molar-refractivity contribution in [3.05, 3.63) is 48.5 Å². The van der Waals surface area contributed by atoms with Crippen LogP contribution < -0.4 is 15.2 Å². The van der Waals surface area contributed by atoms with Crippen molar-refractivity contribution in [3.63, 3.8) is 0 Å². The summed E-state index contributed by atoms with van der Waals surface area (Å²) in [5.41, 5.74) is 0.503. The molecule has 0 fully saturated rings. The quantitative estimate of drug-likeness (QED) is 0.776. The molecule has 0 heterocycles. The highest BCUT2D eigenvalue weighted by atomic mass is 32.2. The van der Waals surface area contributed by atoms with E-state index >= 15 is 0 Å². The molecule has 3 N–H and O–H groups in total. The number of rotatable bonds is 6. The van der Waals surface area contributed by atoms with E-state index in [1.165, 1.54) is 36.0 Å². The first-order valence-corrected chi connectivity index (χ1v) is 9.12. The van der Waals surface area contributed by atoms with Gasteiger partial charge in [-0.2, -0.15) is 0 Å². The smallest absolute Gasteiger partial charge is 0.238 e. The fourth-order valence-corrected chi connectivity index (χ4v) is 3.15. The third-order valence-electron chi connectivity index (χ3n) is 2.89. The molecule has 8 heteroatoms. The fourth-order valence-electron chi connectivity index (χ4n) is 1.81. The Bertz CT molecular complexity index is 789. The van der Waals surface area contributed by atoms with Gasteiger partial charge in [0.2, 0.25) is 15.9 Å². The van der Waals surface area contributed by atoms with Crippen LogP contribution in [0.4, 0.5) is 5.69 Å². The van der Waals surface area contributed by atoms with Crippen molar-refractivity contribution < 1.29 is 17.9 Å². The third-order valence-corrected chi connectivity index (χ3v) is 4.88. The number of carbonyl (C=O) groups is 1. The van der Waals surface area contributed by atoms with Crippen molar-refractivity contribution >= 4 is 33.4 Å². The molecule has 0 spiro atoms. The Morgan fingerprint density at radius 3 is 2.43 bits per heavy atom. The number of nitrogens with two attached hydrogens (primary N) is 1. The summed E-state index contributed by atoms with van der Waals surface area (Å²) in [6, 6.07) is 13.1. The van der Waals surface area contributed by atoms with Gasteiger partial charge in [-0.05, 0) is 36.4 Å². The molecule has 2 rings (SSSR count). The number of amides is 1. The summed E-state index contributed by atoms with van der Waals surface area (Å²) in [6.07, 6.45) is 0. The molecule has 0 radical (unpaired) electrons. The van der Waals surface area contributed by atoms with Gasteiger partial charge in [0.15, 0.2) is 0 Å². The molecule has 2 aromatic carbocycles. The Labute approximate surface area is 139 Å². The lowest BCUT2D eigenvalue weighted by molar-refractivity contribution is -0.113. The molecule has 122 valence electrons. The molecule has 0 unspecified atom stereocenters. The summed E-state index contributed by atoms with van der Waals surface area (Å²) >= 11 is 1.35. The number of hydrogen-bond acceptors (Lipinski definition) is 5. The summed E-state index contributed by atoms with van der Waals surface area (Å²) in [5.74, 6) is 0.712. The second-order valence-electron chi connectivity index (χ2n) is 4.56. The Kier molecular flexibility index (Phi) is 5.64. The largest absolute Gasteiger partial charge is 0.496 e. The van der Waals surface area contributed by atoms with E-state index in [1.54, 1.807) is 7.11 Å². The zero-order chi connectivity index (χ0) is 16.9. The summed E-state index contributed by atoms with van der Waals surface area (Å²) in [4.78, 5) is 12.8. The SMILES string of the molecule is COc1ccccc1SCC(=O)Nc1ccc(S(N)(=O)=O)cc1. The highest BCUT2D eigenvalue weighted by molar-refractivity contribution is 8.00. The maximum absolute atomic E-state index is 12.0. The number of primary sulfonamides is 1. The highest BCUT2D eigenvalue weighted by Crippen LogP contribution is 2.28. The minimum Gasteiger partial charge on any atom is -0.496 e.